The number of hydrogen-bond acceptors (Lipinski definition) is 11. The van der Waals surface area contributed by atoms with Crippen molar-refractivity contribution in [2.75, 3.05) is 49.1 Å². The summed E-state index contributed by atoms with van der Waals surface area (Å²) in [5, 5.41) is 26.1. The summed E-state index contributed by atoms with van der Waals surface area (Å²) in [5.41, 5.74) is 4.39. The lowest BCUT2D eigenvalue weighted by molar-refractivity contribution is -0.120. The van der Waals surface area contributed by atoms with Crippen LogP contribution in [0.4, 0.5) is 16.4 Å². The molecule has 1 aliphatic carbocycles. The minimum atomic E-state index is -1.43. The third-order valence-electron chi connectivity index (χ3n) is 14.0. The zero-order valence-corrected chi connectivity index (χ0v) is 37.7. The van der Waals surface area contributed by atoms with Crippen molar-refractivity contribution in [3.05, 3.63) is 112 Å². The van der Waals surface area contributed by atoms with Crippen LogP contribution in [0.2, 0.25) is 0 Å². The number of aliphatic hydroxyl groups excluding tert-OH is 1. The first-order valence-electron chi connectivity index (χ1n) is 22.9. The number of H-pyrrole nitrogens is 1. The first kappa shape index (κ1) is 43.3. The van der Waals surface area contributed by atoms with E-state index in [4.69, 9.17) is 14.7 Å². The number of imide groups is 1. The van der Waals surface area contributed by atoms with Crippen LogP contribution >= 0.6 is 0 Å². The summed E-state index contributed by atoms with van der Waals surface area (Å²) in [6.45, 7) is 8.61. The van der Waals surface area contributed by atoms with Gasteiger partial charge in [0.05, 0.1) is 23.9 Å². The highest BCUT2D eigenvalue weighted by atomic mass is 16.5. The fraction of sp³-hybridized carbons (Fsp3) is 0.400. The summed E-state index contributed by atoms with van der Waals surface area (Å²) >= 11 is 0. The molecule has 3 aromatic heterocycles. The molecule has 16 heteroatoms. The van der Waals surface area contributed by atoms with Crippen LogP contribution in [0.1, 0.15) is 73.1 Å². The Morgan fingerprint density at radius 3 is 2.45 bits per heavy atom. The van der Waals surface area contributed by atoms with Crippen LogP contribution in [0.25, 0.3) is 32.9 Å². The molecule has 4 aliphatic rings. The van der Waals surface area contributed by atoms with Gasteiger partial charge in [0.15, 0.2) is 5.60 Å². The van der Waals surface area contributed by atoms with E-state index in [0.717, 1.165) is 47.8 Å². The molecule has 1 unspecified atom stereocenters. The number of amides is 4. The largest absolute Gasteiger partial charge is 0.508 e. The average Bonchev–Trinajstić information content (AvgIpc) is 4.00. The molecule has 16 nitrogen and oxygen atoms in total. The summed E-state index contributed by atoms with van der Waals surface area (Å²) in [6, 6.07) is 20.0. The Kier molecular flexibility index (Phi) is 11.1. The van der Waals surface area contributed by atoms with Crippen LogP contribution in [-0.2, 0) is 22.2 Å². The van der Waals surface area contributed by atoms with Crippen LogP contribution in [0.5, 0.6) is 5.75 Å². The number of urea groups is 1. The normalized spacial score (nSPS) is 20.8. The number of rotatable bonds is 10. The van der Waals surface area contributed by atoms with Gasteiger partial charge in [-0.1, -0.05) is 24.3 Å². The number of pyridine rings is 1. The van der Waals surface area contributed by atoms with Crippen molar-refractivity contribution in [2.24, 2.45) is 7.05 Å². The lowest BCUT2D eigenvalue weighted by Gasteiger charge is -2.49. The van der Waals surface area contributed by atoms with Crippen molar-refractivity contribution in [1.82, 2.24) is 34.6 Å². The Labute approximate surface area is 381 Å². The van der Waals surface area contributed by atoms with Crippen LogP contribution in [-0.4, -0.2) is 121 Å². The zero-order valence-electron chi connectivity index (χ0n) is 37.7. The molecule has 4 N–H and O–H groups in total. The first-order chi connectivity index (χ1) is 31.8. The van der Waals surface area contributed by atoms with Gasteiger partial charge in [-0.05, 0) is 106 Å². The predicted octanol–water partition coefficient (Wildman–Crippen LogP) is 5.56. The van der Waals surface area contributed by atoms with E-state index in [-0.39, 0.29) is 60.3 Å². The van der Waals surface area contributed by atoms with Crippen molar-refractivity contribution in [1.29, 1.82) is 0 Å². The molecule has 66 heavy (non-hydrogen) atoms. The first-order valence-corrected chi connectivity index (χ1v) is 22.9. The number of aryl methyl sites for hydroxylation is 2. The zero-order chi connectivity index (χ0) is 46.0. The topological polar surface area (TPSA) is 189 Å². The van der Waals surface area contributed by atoms with Gasteiger partial charge in [0.2, 0.25) is 11.9 Å². The smallest absolute Gasteiger partial charge is 0.328 e. The number of nitrogens with one attached hydrogen (secondary N) is 2. The number of ether oxygens (including phenoxy) is 1. The number of piperidine rings is 1. The van der Waals surface area contributed by atoms with Gasteiger partial charge >= 0.3 is 6.03 Å². The van der Waals surface area contributed by atoms with Gasteiger partial charge in [0.25, 0.3) is 11.5 Å². The number of aromatic amines is 1. The number of phenols is 1. The molecule has 3 aromatic carbocycles. The lowest BCUT2D eigenvalue weighted by atomic mass is 9.87. The number of nitrogens with zero attached hydrogens (tertiary/aromatic N) is 7. The maximum Gasteiger partial charge on any atom is 0.328 e. The summed E-state index contributed by atoms with van der Waals surface area (Å²) in [4.78, 5) is 73.4. The second-order valence-electron chi connectivity index (χ2n) is 18.5. The highest BCUT2D eigenvalue weighted by molar-refractivity contribution is 6.07. The number of aromatic nitrogens is 4. The van der Waals surface area contributed by atoms with E-state index in [1.54, 1.807) is 42.1 Å². The predicted molar refractivity (Wildman–Crippen MR) is 251 cm³/mol. The number of hydrogen-bond donors (Lipinski definition) is 4. The summed E-state index contributed by atoms with van der Waals surface area (Å²) in [6.07, 6.45) is 7.07. The molecule has 3 saturated heterocycles. The SMILES string of the molecule is Cc1ccc(C(=O)N2C[C@H](C)N(C3CCN(c4nc(C(CO)(OC5CC5)c5cccc(O)c5)c5cc(-c6cn(C)c(=O)c7[nH]ccc67)ccc5n4)CC3)C[C@H]2C)cc1N1CCC(=O)NC1=O. The quantitative estimate of drug-likeness (QED) is 0.135. The number of carbonyl (C=O) groups is 3. The van der Waals surface area contributed by atoms with Gasteiger partial charge < -0.3 is 34.3 Å². The minimum absolute atomic E-state index is 0.0483. The Morgan fingerprint density at radius 1 is 0.909 bits per heavy atom. The fourth-order valence-corrected chi connectivity index (χ4v) is 10.3. The molecule has 0 spiro atoms. The molecule has 6 aromatic rings. The number of anilines is 2. The molecule has 4 amide bonds. The molecule has 4 fully saturated rings. The van der Waals surface area contributed by atoms with Gasteiger partial charge in [0.1, 0.15) is 11.3 Å². The number of piperazine rings is 1. The minimum Gasteiger partial charge on any atom is -0.508 e. The van der Waals surface area contributed by atoms with Gasteiger partial charge in [-0.25, -0.2) is 14.8 Å². The van der Waals surface area contributed by atoms with Crippen molar-refractivity contribution in [3.63, 3.8) is 0 Å². The van der Waals surface area contributed by atoms with Crippen LogP contribution in [0.3, 0.4) is 0 Å². The summed E-state index contributed by atoms with van der Waals surface area (Å²) in [5.74, 6) is 0.186. The number of aromatic hydroxyl groups is 1. The molecule has 342 valence electrons. The third-order valence-corrected chi connectivity index (χ3v) is 14.0. The van der Waals surface area contributed by atoms with Crippen molar-refractivity contribution in [2.45, 2.75) is 82.7 Å². The number of aliphatic hydroxyl groups is 1. The van der Waals surface area contributed by atoms with Crippen LogP contribution < -0.4 is 20.7 Å². The molecule has 6 heterocycles. The maximum absolute atomic E-state index is 14.1. The maximum atomic E-state index is 14.1. The second-order valence-corrected chi connectivity index (χ2v) is 18.5. The standard InChI is InChI=1S/C50H55N9O7/c1-29-8-9-33(23-42(29)57-21-17-43(62)53-49(57)65)46(63)59-26-30(2)58(25-31(59)3)35-15-19-56(20-16-35)48-52-41-13-10-32(40-27-55(4)47(64)44-38(40)14-18-51-44)22-39(41)45(54-48)50(28-60,66-37-11-12-37)34-6-5-7-36(61)24-34/h5-10,13-14,18,22-24,27,30-31,35,37,51,60-61H,11-12,15-17,19-21,25-26,28H2,1-4H3,(H,53,62,65)/t30-,31+,50?/m0/s1. The molecule has 0 bridgehead atoms. The van der Waals surface area contributed by atoms with E-state index < -0.39 is 18.2 Å². The fourth-order valence-electron chi connectivity index (χ4n) is 10.3. The Hall–Kier alpha value is -6.62. The highest BCUT2D eigenvalue weighted by Crippen LogP contribution is 2.44. The molecular weight excluding hydrogens is 839 g/mol. The van der Waals surface area contributed by atoms with Crippen LogP contribution in [0.15, 0.2) is 83.9 Å². The third kappa shape index (κ3) is 7.75. The van der Waals surface area contributed by atoms with Crippen molar-refractivity contribution in [3.8, 4) is 16.9 Å². The summed E-state index contributed by atoms with van der Waals surface area (Å²) < 4.78 is 8.41. The van der Waals surface area contributed by atoms with E-state index in [2.05, 4.69) is 33.9 Å². The number of fused-ring (bicyclic) bond motifs is 2. The molecule has 10 rings (SSSR count). The van der Waals surface area contributed by atoms with Crippen LogP contribution in [0, 0.1) is 6.92 Å². The lowest BCUT2D eigenvalue weighted by Crippen LogP contribution is -2.61. The Morgan fingerprint density at radius 2 is 1.71 bits per heavy atom. The van der Waals surface area contributed by atoms with E-state index in [1.165, 1.54) is 4.90 Å². The van der Waals surface area contributed by atoms with Gasteiger partial charge in [-0.3, -0.25) is 29.5 Å². The Bertz CT molecular complexity index is 2960. The molecule has 3 aliphatic heterocycles. The molecule has 3 atom stereocenters. The van der Waals surface area contributed by atoms with E-state index in [0.29, 0.717) is 71.1 Å². The Balaban J connectivity index is 0.926. The van der Waals surface area contributed by atoms with Gasteiger partial charge in [0, 0.05) is 104 Å². The highest BCUT2D eigenvalue weighted by Gasteiger charge is 2.45. The monoisotopic (exact) mass is 893 g/mol. The van der Waals surface area contributed by atoms with Gasteiger partial charge in [-0.15, -0.1) is 0 Å². The van der Waals surface area contributed by atoms with Crippen molar-refractivity contribution < 1.29 is 29.3 Å². The van der Waals surface area contributed by atoms with E-state index in [9.17, 15) is 29.4 Å². The van der Waals surface area contributed by atoms with E-state index >= 15 is 0 Å². The molecule has 1 saturated carbocycles. The number of carbonyl (C=O) groups excluding carboxylic acids is 3. The summed E-state index contributed by atoms with van der Waals surface area (Å²) in [7, 11) is 1.73. The van der Waals surface area contributed by atoms with E-state index in [1.807, 2.05) is 60.5 Å². The second kappa shape index (κ2) is 17.0. The number of benzene rings is 3. The number of phenolic OH excluding ortho intramolecular Hbond substituents is 1. The molecular formula is C50H55N9O7. The molecule has 0 radical (unpaired) electrons. The van der Waals surface area contributed by atoms with Gasteiger partial charge in [-0.2, -0.15) is 0 Å². The average molecular weight is 894 g/mol. The van der Waals surface area contributed by atoms with Crippen molar-refractivity contribution >= 4 is 51.3 Å².